The maximum Gasteiger partial charge on any atom is 0.796 e. The molecule has 0 fully saturated rings. The molecular formula is C16H14BF2N3O. The number of nitrogens with zero attached hydrogens (tertiary/aromatic N) is 2. The molecule has 0 unspecified atom stereocenters. The van der Waals surface area contributed by atoms with Gasteiger partial charge in [0, 0.05) is 23.9 Å². The van der Waals surface area contributed by atoms with E-state index < -0.39 is 7.47 Å². The molecule has 3 rings (SSSR count). The first kappa shape index (κ1) is 15.2. The molecule has 1 aliphatic rings. The maximum absolute atomic E-state index is 12.6. The fourth-order valence-electron chi connectivity index (χ4n) is 2.25. The van der Waals surface area contributed by atoms with E-state index in [0.717, 1.165) is 23.6 Å². The van der Waals surface area contributed by atoms with Crippen LogP contribution in [0.5, 0.6) is 5.75 Å². The van der Waals surface area contributed by atoms with Gasteiger partial charge in [-0.3, -0.25) is 9.98 Å². The lowest BCUT2D eigenvalue weighted by Crippen LogP contribution is -2.19. The average Bonchev–Trinajstić information content (AvgIpc) is 3.09. The summed E-state index contributed by atoms with van der Waals surface area (Å²) in [7, 11) is -2.88. The number of aliphatic imine (C=N–C) groups is 2. The summed E-state index contributed by atoms with van der Waals surface area (Å²) in [4.78, 5) is 8.63. The molecule has 0 amide bonds. The first-order valence-corrected chi connectivity index (χ1v) is 7.19. The number of rotatable bonds is 5. The van der Waals surface area contributed by atoms with E-state index in [1.807, 2.05) is 30.3 Å². The molecular weight excluding hydrogens is 299 g/mol. The number of hydrogen-bond donors (Lipinski definition) is 1. The second-order valence-electron chi connectivity index (χ2n) is 4.88. The van der Waals surface area contributed by atoms with Crippen LogP contribution in [0, 0.1) is 0 Å². The number of halogens is 2. The molecule has 7 heteroatoms. The second-order valence-corrected chi connectivity index (χ2v) is 4.88. The summed E-state index contributed by atoms with van der Waals surface area (Å²) in [6, 6.07) is 14.2. The van der Waals surface area contributed by atoms with Crippen molar-refractivity contribution in [1.82, 2.24) is 5.32 Å². The summed E-state index contributed by atoms with van der Waals surface area (Å²) in [6.07, 6.45) is 1.52. The van der Waals surface area contributed by atoms with Gasteiger partial charge in [-0.1, -0.05) is 18.2 Å². The van der Waals surface area contributed by atoms with Crippen LogP contribution in [-0.2, 0) is 0 Å². The summed E-state index contributed by atoms with van der Waals surface area (Å²) in [5.74, 6) is 0.838. The van der Waals surface area contributed by atoms with Crippen LogP contribution in [0.2, 0.25) is 0 Å². The average molecular weight is 313 g/mol. The van der Waals surface area contributed by atoms with E-state index in [1.165, 1.54) is 12.3 Å². The molecule has 23 heavy (non-hydrogen) atoms. The van der Waals surface area contributed by atoms with Crippen LogP contribution in [-0.4, -0.2) is 32.6 Å². The Morgan fingerprint density at radius 1 is 1.17 bits per heavy atom. The molecule has 1 aliphatic heterocycles. The van der Waals surface area contributed by atoms with Gasteiger partial charge in [-0.15, -0.1) is 0 Å². The Morgan fingerprint density at radius 3 is 2.70 bits per heavy atom. The van der Waals surface area contributed by atoms with Crippen LogP contribution in [0.15, 0.2) is 58.5 Å². The highest BCUT2D eigenvalue weighted by atomic mass is 19.2. The van der Waals surface area contributed by atoms with Gasteiger partial charge in [0.25, 0.3) is 0 Å². The van der Waals surface area contributed by atoms with Crippen molar-refractivity contribution < 1.29 is 13.3 Å². The molecule has 0 spiro atoms. The predicted octanol–water partition coefficient (Wildman–Crippen LogP) is 3.09. The van der Waals surface area contributed by atoms with Crippen LogP contribution in [0.1, 0.15) is 11.1 Å². The highest BCUT2D eigenvalue weighted by Crippen LogP contribution is 2.22. The molecule has 0 atom stereocenters. The van der Waals surface area contributed by atoms with Gasteiger partial charge in [0.15, 0.2) is 0 Å². The molecule has 0 aliphatic carbocycles. The highest BCUT2D eigenvalue weighted by Gasteiger charge is 2.20. The Balaban J connectivity index is 1.93. The van der Waals surface area contributed by atoms with Gasteiger partial charge in [-0.25, -0.2) is 8.63 Å². The summed E-state index contributed by atoms with van der Waals surface area (Å²) in [6.45, 7) is 1.48. The Bertz CT molecular complexity index is 735. The quantitative estimate of drug-likeness (QED) is 0.681. The van der Waals surface area contributed by atoms with E-state index in [4.69, 9.17) is 0 Å². The van der Waals surface area contributed by atoms with E-state index >= 15 is 0 Å². The molecule has 1 N–H and O–H groups in total. The normalized spacial score (nSPS) is 13.7. The molecule has 4 nitrogen and oxygen atoms in total. The third-order valence-corrected chi connectivity index (χ3v) is 3.28. The van der Waals surface area contributed by atoms with E-state index in [0.29, 0.717) is 12.1 Å². The Labute approximate surface area is 133 Å². The van der Waals surface area contributed by atoms with E-state index in [2.05, 4.69) is 20.0 Å². The van der Waals surface area contributed by atoms with Crippen molar-refractivity contribution in [2.45, 2.75) is 0 Å². The van der Waals surface area contributed by atoms with Crippen LogP contribution < -0.4 is 9.97 Å². The van der Waals surface area contributed by atoms with Crippen LogP contribution in [0.3, 0.4) is 0 Å². The lowest BCUT2D eigenvalue weighted by Gasteiger charge is -2.09. The minimum absolute atomic E-state index is 0.0852. The first-order valence-electron chi connectivity index (χ1n) is 7.19. The summed E-state index contributed by atoms with van der Waals surface area (Å²) in [5, 5.41) is 3.15. The van der Waals surface area contributed by atoms with E-state index in [1.54, 1.807) is 12.1 Å². The molecule has 0 saturated heterocycles. The van der Waals surface area contributed by atoms with Crippen molar-refractivity contribution in [2.24, 2.45) is 9.98 Å². The van der Waals surface area contributed by atoms with Crippen molar-refractivity contribution in [1.29, 1.82) is 0 Å². The molecule has 0 radical (unpaired) electrons. The molecule has 0 saturated carbocycles. The molecule has 116 valence electrons. The van der Waals surface area contributed by atoms with Gasteiger partial charge in [0.1, 0.15) is 11.6 Å². The van der Waals surface area contributed by atoms with Gasteiger partial charge >= 0.3 is 7.47 Å². The van der Waals surface area contributed by atoms with Gasteiger partial charge in [0.05, 0.1) is 12.2 Å². The SMILES string of the molecule is FB(F)Oc1ccc(C2=NCCN2)cc1C=Nc1ccccc1. The number of para-hydroxylation sites is 1. The van der Waals surface area contributed by atoms with Gasteiger partial charge in [-0.2, -0.15) is 0 Å². The van der Waals surface area contributed by atoms with Crippen LogP contribution >= 0.6 is 0 Å². The summed E-state index contributed by atoms with van der Waals surface area (Å²) in [5.41, 5.74) is 2.03. The fourth-order valence-corrected chi connectivity index (χ4v) is 2.25. The molecule has 0 bridgehead atoms. The van der Waals surface area contributed by atoms with Gasteiger partial charge < -0.3 is 9.97 Å². The number of benzene rings is 2. The minimum Gasteiger partial charge on any atom is -0.505 e. The van der Waals surface area contributed by atoms with Gasteiger partial charge in [-0.05, 0) is 30.3 Å². The van der Waals surface area contributed by atoms with Crippen molar-refractivity contribution in [3.05, 3.63) is 59.7 Å². The fraction of sp³-hybridized carbons (Fsp3) is 0.125. The predicted molar refractivity (Wildman–Crippen MR) is 88.1 cm³/mol. The monoisotopic (exact) mass is 313 g/mol. The largest absolute Gasteiger partial charge is 0.796 e. The molecule has 2 aromatic carbocycles. The van der Waals surface area contributed by atoms with Crippen molar-refractivity contribution in [3.8, 4) is 5.75 Å². The molecule has 0 aromatic heterocycles. The zero-order chi connectivity index (χ0) is 16.1. The lowest BCUT2D eigenvalue weighted by atomic mass is 10.1. The Morgan fingerprint density at radius 2 is 2.00 bits per heavy atom. The Kier molecular flexibility index (Phi) is 4.66. The number of hydrogen-bond acceptors (Lipinski definition) is 4. The smallest absolute Gasteiger partial charge is 0.505 e. The summed E-state index contributed by atoms with van der Waals surface area (Å²) < 4.78 is 29.7. The number of amidine groups is 1. The minimum atomic E-state index is -2.88. The number of nitrogens with one attached hydrogen (secondary N) is 1. The zero-order valence-corrected chi connectivity index (χ0v) is 12.2. The van der Waals surface area contributed by atoms with Gasteiger partial charge in [0.2, 0.25) is 0 Å². The highest BCUT2D eigenvalue weighted by molar-refractivity contribution is 6.35. The molecule has 2 aromatic rings. The first-order chi connectivity index (χ1) is 11.2. The van der Waals surface area contributed by atoms with Crippen LogP contribution in [0.4, 0.5) is 14.3 Å². The third kappa shape index (κ3) is 3.94. The second kappa shape index (κ2) is 7.04. The standard InChI is InChI=1S/C16H14BF2N3O/c18-17(19)23-15-7-6-12(16-20-8-9-21-16)10-13(15)11-22-14-4-2-1-3-5-14/h1-7,10-11H,8-9H2,(H,20,21). The van der Waals surface area contributed by atoms with Crippen molar-refractivity contribution >= 4 is 25.2 Å². The van der Waals surface area contributed by atoms with Crippen LogP contribution in [0.25, 0.3) is 0 Å². The van der Waals surface area contributed by atoms with E-state index in [9.17, 15) is 8.63 Å². The third-order valence-electron chi connectivity index (χ3n) is 3.28. The van der Waals surface area contributed by atoms with Crippen molar-refractivity contribution in [3.63, 3.8) is 0 Å². The zero-order valence-electron chi connectivity index (χ0n) is 12.2. The lowest BCUT2D eigenvalue weighted by molar-refractivity contribution is 0.425. The van der Waals surface area contributed by atoms with Crippen molar-refractivity contribution in [2.75, 3.05) is 13.1 Å². The summed E-state index contributed by atoms with van der Waals surface area (Å²) >= 11 is 0. The Hall–Kier alpha value is -2.70. The topological polar surface area (TPSA) is 46.0 Å². The van der Waals surface area contributed by atoms with E-state index in [-0.39, 0.29) is 5.75 Å². The maximum atomic E-state index is 12.6. The molecule has 1 heterocycles.